The lowest BCUT2D eigenvalue weighted by Crippen LogP contribution is -2.07. The first kappa shape index (κ1) is 9.78. The first-order chi connectivity index (χ1) is 5.95. The van der Waals surface area contributed by atoms with E-state index < -0.39 is 20.8 Å². The van der Waals surface area contributed by atoms with Crippen LogP contribution in [0.5, 0.6) is 5.75 Å². The second kappa shape index (κ2) is 3.21. The number of hydrogen-bond acceptors (Lipinski definition) is 5. The van der Waals surface area contributed by atoms with E-state index >= 15 is 0 Å². The van der Waals surface area contributed by atoms with Crippen LogP contribution in [0.15, 0.2) is 23.1 Å². The van der Waals surface area contributed by atoms with E-state index in [-0.39, 0.29) is 0 Å². The first-order valence-corrected chi connectivity index (χ1v) is 4.66. The molecule has 0 amide bonds. The van der Waals surface area contributed by atoms with Gasteiger partial charge in [-0.05, 0) is 12.1 Å². The highest BCUT2D eigenvalue weighted by atomic mass is 32.2. The molecule has 1 aromatic rings. The van der Waals surface area contributed by atoms with Gasteiger partial charge in [-0.1, -0.05) is 0 Å². The van der Waals surface area contributed by atoms with Gasteiger partial charge in [0.2, 0.25) is 0 Å². The molecule has 1 rings (SSSR count). The third-order valence-electron chi connectivity index (χ3n) is 1.40. The number of phenols is 1. The molecule has 0 saturated heterocycles. The van der Waals surface area contributed by atoms with Gasteiger partial charge in [-0.2, -0.15) is 8.42 Å². The average molecular weight is 204 g/mol. The zero-order valence-electron chi connectivity index (χ0n) is 6.43. The summed E-state index contributed by atoms with van der Waals surface area (Å²) in [6, 6.07) is 3.44. The van der Waals surface area contributed by atoms with Gasteiger partial charge in [0.05, 0.1) is 5.69 Å². The Morgan fingerprint density at radius 3 is 2.38 bits per heavy atom. The van der Waals surface area contributed by atoms with Crippen LogP contribution in [0.1, 0.15) is 0 Å². The number of aromatic hydroxyl groups is 1. The molecule has 0 bridgehead atoms. The monoisotopic (exact) mass is 204 g/mol. The van der Waals surface area contributed by atoms with Crippen molar-refractivity contribution in [2.45, 2.75) is 4.90 Å². The Hall–Kier alpha value is -1.31. The summed E-state index contributed by atoms with van der Waals surface area (Å²) >= 11 is 0. The molecular weight excluding hydrogens is 196 g/mol. The van der Waals surface area contributed by atoms with Crippen molar-refractivity contribution in [2.24, 2.45) is 5.84 Å². The highest BCUT2D eigenvalue weighted by Gasteiger charge is 2.14. The van der Waals surface area contributed by atoms with Crippen molar-refractivity contribution in [3.05, 3.63) is 18.2 Å². The molecule has 0 radical (unpaired) electrons. The van der Waals surface area contributed by atoms with Crippen molar-refractivity contribution >= 4 is 15.8 Å². The molecule has 7 heteroatoms. The van der Waals surface area contributed by atoms with Crippen molar-refractivity contribution in [3.8, 4) is 5.75 Å². The van der Waals surface area contributed by atoms with Crippen molar-refractivity contribution in [1.82, 2.24) is 0 Å². The van der Waals surface area contributed by atoms with Gasteiger partial charge in [-0.25, -0.2) is 0 Å². The normalized spacial score (nSPS) is 11.2. The van der Waals surface area contributed by atoms with Crippen LogP contribution in [0.4, 0.5) is 5.69 Å². The fourth-order valence-corrected chi connectivity index (χ4v) is 1.39. The number of nitrogens with one attached hydrogen (secondary N) is 1. The van der Waals surface area contributed by atoms with Gasteiger partial charge < -0.3 is 10.5 Å². The van der Waals surface area contributed by atoms with Gasteiger partial charge >= 0.3 is 0 Å². The standard InChI is InChI=1S/C6H8N2O4S/c7-8-4-1-2-6(5(9)3-4)13(10,11)12/h1-3,8-9H,7H2,(H,10,11,12). The average Bonchev–Trinajstić information content (AvgIpc) is 2.01. The predicted octanol–water partition coefficient (Wildman–Crippen LogP) is -0.0755. The van der Waals surface area contributed by atoms with Crippen LogP contribution < -0.4 is 11.3 Å². The summed E-state index contributed by atoms with van der Waals surface area (Å²) in [6.07, 6.45) is 0. The molecule has 1 aromatic carbocycles. The molecule has 13 heavy (non-hydrogen) atoms. The van der Waals surface area contributed by atoms with Crippen molar-refractivity contribution in [1.29, 1.82) is 0 Å². The summed E-state index contributed by atoms with van der Waals surface area (Å²) in [6.45, 7) is 0. The molecule has 5 N–H and O–H groups in total. The molecular formula is C6H8N2O4S. The SMILES string of the molecule is NNc1ccc(S(=O)(=O)O)c(O)c1. The lowest BCUT2D eigenvalue weighted by Gasteiger charge is -2.03. The van der Waals surface area contributed by atoms with E-state index in [9.17, 15) is 8.42 Å². The third kappa shape index (κ3) is 2.08. The maximum absolute atomic E-state index is 10.6. The van der Waals surface area contributed by atoms with E-state index in [0.29, 0.717) is 5.69 Å². The van der Waals surface area contributed by atoms with Gasteiger partial charge in [-0.15, -0.1) is 0 Å². The Bertz CT molecular complexity index is 415. The molecule has 6 nitrogen and oxygen atoms in total. The van der Waals surface area contributed by atoms with E-state index in [1.165, 1.54) is 6.07 Å². The van der Waals surface area contributed by atoms with E-state index in [1.54, 1.807) is 0 Å². The van der Waals surface area contributed by atoms with Gasteiger partial charge in [0, 0.05) is 6.07 Å². The molecule has 0 aliphatic carbocycles. The summed E-state index contributed by atoms with van der Waals surface area (Å²) in [5, 5.41) is 9.12. The van der Waals surface area contributed by atoms with Gasteiger partial charge in [0.25, 0.3) is 10.1 Å². The Morgan fingerprint density at radius 2 is 2.00 bits per heavy atom. The number of nitrogens with two attached hydrogens (primary N) is 1. The summed E-state index contributed by atoms with van der Waals surface area (Å²) in [4.78, 5) is -0.550. The number of phenolic OH excluding ortho intramolecular Hbond substituents is 1. The predicted molar refractivity (Wildman–Crippen MR) is 45.7 cm³/mol. The van der Waals surface area contributed by atoms with Crippen LogP contribution >= 0.6 is 0 Å². The maximum Gasteiger partial charge on any atom is 0.298 e. The highest BCUT2D eigenvalue weighted by Crippen LogP contribution is 2.25. The van der Waals surface area contributed by atoms with Crippen molar-refractivity contribution < 1.29 is 18.1 Å². The van der Waals surface area contributed by atoms with Gasteiger partial charge in [0.1, 0.15) is 10.6 Å². The number of anilines is 1. The number of hydrazine groups is 1. The van der Waals surface area contributed by atoms with Crippen LogP contribution in [-0.2, 0) is 10.1 Å². The quantitative estimate of drug-likeness (QED) is 0.304. The van der Waals surface area contributed by atoms with E-state index in [0.717, 1.165) is 12.1 Å². The topological polar surface area (TPSA) is 113 Å². The summed E-state index contributed by atoms with van der Waals surface area (Å²) in [5.74, 6) is 4.45. The molecule has 0 aromatic heterocycles. The lowest BCUT2D eigenvalue weighted by molar-refractivity contribution is 0.443. The van der Waals surface area contributed by atoms with E-state index in [4.69, 9.17) is 15.5 Å². The molecule has 0 aliphatic rings. The number of rotatable bonds is 2. The Labute approximate surface area is 74.7 Å². The zero-order chi connectivity index (χ0) is 10.1. The number of benzene rings is 1. The molecule has 0 spiro atoms. The van der Waals surface area contributed by atoms with Gasteiger partial charge in [-0.3, -0.25) is 10.4 Å². The van der Waals surface area contributed by atoms with Gasteiger partial charge in [0.15, 0.2) is 0 Å². The van der Waals surface area contributed by atoms with E-state index in [1.807, 2.05) is 0 Å². The number of nitrogen functional groups attached to an aromatic ring is 1. The second-order valence-electron chi connectivity index (χ2n) is 2.30. The second-order valence-corrected chi connectivity index (χ2v) is 3.69. The fraction of sp³-hybridized carbons (Fsp3) is 0. The van der Waals surface area contributed by atoms with Crippen molar-refractivity contribution in [3.63, 3.8) is 0 Å². The minimum atomic E-state index is -4.38. The summed E-state index contributed by atoms with van der Waals surface area (Å²) < 4.78 is 29.8. The summed E-state index contributed by atoms with van der Waals surface area (Å²) in [5.41, 5.74) is 2.55. The first-order valence-electron chi connectivity index (χ1n) is 3.22. The fourth-order valence-electron chi connectivity index (χ4n) is 0.825. The minimum absolute atomic E-state index is 0.338. The molecule has 0 saturated carbocycles. The Kier molecular flexibility index (Phi) is 2.41. The summed E-state index contributed by atoms with van der Waals surface area (Å²) in [7, 11) is -4.38. The van der Waals surface area contributed by atoms with Crippen LogP contribution in [0.2, 0.25) is 0 Å². The Balaban J connectivity index is 3.29. The van der Waals surface area contributed by atoms with Crippen LogP contribution in [-0.4, -0.2) is 18.1 Å². The molecule has 0 aliphatic heterocycles. The van der Waals surface area contributed by atoms with Crippen LogP contribution in [0, 0.1) is 0 Å². The van der Waals surface area contributed by atoms with Crippen LogP contribution in [0.25, 0.3) is 0 Å². The molecule has 72 valence electrons. The molecule has 0 unspecified atom stereocenters. The lowest BCUT2D eigenvalue weighted by atomic mass is 10.3. The van der Waals surface area contributed by atoms with E-state index in [2.05, 4.69) is 5.43 Å². The molecule has 0 fully saturated rings. The van der Waals surface area contributed by atoms with Crippen molar-refractivity contribution in [2.75, 3.05) is 5.43 Å². The van der Waals surface area contributed by atoms with Crippen LogP contribution in [0.3, 0.4) is 0 Å². The highest BCUT2D eigenvalue weighted by molar-refractivity contribution is 7.86. The smallest absolute Gasteiger partial charge is 0.298 e. The molecule has 0 atom stereocenters. The largest absolute Gasteiger partial charge is 0.506 e. The maximum atomic E-state index is 10.6. The third-order valence-corrected chi connectivity index (χ3v) is 2.30. The Morgan fingerprint density at radius 1 is 1.38 bits per heavy atom. The zero-order valence-corrected chi connectivity index (χ0v) is 7.25. The minimum Gasteiger partial charge on any atom is -0.506 e. The molecule has 0 heterocycles. The number of hydrogen-bond donors (Lipinski definition) is 4.